The van der Waals surface area contributed by atoms with Crippen LogP contribution < -0.4 is 0 Å². The van der Waals surface area contributed by atoms with Crippen molar-refractivity contribution in [1.29, 1.82) is 0 Å². The minimum absolute atomic E-state index is 0.690. The molecule has 0 aliphatic heterocycles. The third kappa shape index (κ3) is 7.72. The molecule has 0 atom stereocenters. The van der Waals surface area contributed by atoms with Crippen molar-refractivity contribution in [2.24, 2.45) is 0 Å². The Morgan fingerprint density at radius 1 is 0.652 bits per heavy atom. The minimum Gasteiger partial charge on any atom is -0.377 e. The predicted octanol–water partition coefficient (Wildman–Crippen LogP) is 3.25. The van der Waals surface area contributed by atoms with Gasteiger partial charge in [0.1, 0.15) is 9.76 Å². The van der Waals surface area contributed by atoms with E-state index in [1.165, 1.54) is 11.1 Å². The fourth-order valence-electron chi connectivity index (χ4n) is 2.17. The average Bonchev–Trinajstić information content (AvgIpc) is 2.58. The second-order valence-electron chi connectivity index (χ2n) is 4.89. The van der Waals surface area contributed by atoms with Gasteiger partial charge >= 0.3 is 8.32 Å². The van der Waals surface area contributed by atoms with Gasteiger partial charge in [0.25, 0.3) is 0 Å². The van der Waals surface area contributed by atoms with Gasteiger partial charge in [0, 0.05) is 19.8 Å². The molecule has 0 fully saturated rings. The Morgan fingerprint density at radius 3 is 1.22 bits per heavy atom. The second kappa shape index (κ2) is 11.3. The molecule has 2 aromatic carbocycles. The Hall–Kier alpha value is -1.25. The first-order valence-corrected chi connectivity index (χ1v) is 13.4. The molecule has 3 nitrogen and oxygen atoms in total. The highest BCUT2D eigenvalue weighted by Gasteiger charge is 2.31. The molecule has 2 rings (SSSR count). The van der Waals surface area contributed by atoms with Crippen LogP contribution in [0.4, 0.5) is 0 Å². The molecule has 5 heteroatoms. The lowest BCUT2D eigenvalue weighted by Gasteiger charge is -2.24. The van der Waals surface area contributed by atoms with Crippen molar-refractivity contribution >= 4 is 18.1 Å². The van der Waals surface area contributed by atoms with E-state index in [1.807, 2.05) is 32.9 Å². The second-order valence-corrected chi connectivity index (χ2v) is 11.2. The molecule has 0 spiro atoms. The Labute approximate surface area is 144 Å². The van der Waals surface area contributed by atoms with Gasteiger partial charge in [-0.15, -0.1) is 0 Å². The van der Waals surface area contributed by atoms with E-state index in [-0.39, 0.29) is 0 Å². The molecule has 0 unspecified atom stereocenters. The first kappa shape index (κ1) is 19.8. The van der Waals surface area contributed by atoms with Crippen molar-refractivity contribution in [3.8, 4) is 11.1 Å². The largest absolute Gasteiger partial charge is 0.457 e. The van der Waals surface area contributed by atoms with Crippen LogP contribution in [-0.4, -0.2) is 37.9 Å². The van der Waals surface area contributed by atoms with Crippen molar-refractivity contribution in [2.45, 2.75) is 20.8 Å². The summed E-state index contributed by atoms with van der Waals surface area (Å²) in [6.45, 7) is 7.98. The monoisotopic (exact) mass is 348 g/mol. The molecule has 0 aliphatic carbocycles. The van der Waals surface area contributed by atoms with E-state index < -0.39 is 8.32 Å². The summed E-state index contributed by atoms with van der Waals surface area (Å²) in [7, 11) is -1.24. The van der Waals surface area contributed by atoms with Crippen molar-refractivity contribution < 1.29 is 13.3 Å². The molecule has 0 saturated heterocycles. The standard InChI is InChI=1S/C12H10.C6H18O3Si2/c1-3-7-11(8-4-1)12-9-5-2-6-10-12;1-4-7-11(10,8-5-2)9-6-3/h1-10H;4-6H2,1-3,10H3. The summed E-state index contributed by atoms with van der Waals surface area (Å²) in [5, 5.41) is 0. The van der Waals surface area contributed by atoms with E-state index in [0.29, 0.717) is 19.8 Å². The maximum absolute atomic E-state index is 5.47. The van der Waals surface area contributed by atoms with Crippen molar-refractivity contribution in [3.05, 3.63) is 60.7 Å². The van der Waals surface area contributed by atoms with Crippen LogP contribution in [0.2, 0.25) is 0 Å². The highest BCUT2D eigenvalue weighted by molar-refractivity contribution is 7.05. The van der Waals surface area contributed by atoms with Crippen LogP contribution in [0.5, 0.6) is 0 Å². The first-order valence-electron chi connectivity index (χ1n) is 8.17. The summed E-state index contributed by atoms with van der Waals surface area (Å²) in [5.41, 5.74) is 2.55. The molecule has 0 bridgehead atoms. The summed E-state index contributed by atoms with van der Waals surface area (Å²) < 4.78 is 16.4. The molecule has 0 heterocycles. The molecular formula is C18H28O3Si2. The zero-order valence-corrected chi connectivity index (χ0v) is 17.6. The fraction of sp³-hybridized carbons (Fsp3) is 0.333. The third-order valence-corrected chi connectivity index (χ3v) is 8.14. The molecule has 23 heavy (non-hydrogen) atoms. The summed E-state index contributed by atoms with van der Waals surface area (Å²) in [5.74, 6) is 0. The molecule has 0 aliphatic rings. The minimum atomic E-state index is -2.11. The summed E-state index contributed by atoms with van der Waals surface area (Å²) in [4.78, 5) is 0. The first-order chi connectivity index (χ1) is 11.1. The van der Waals surface area contributed by atoms with Crippen molar-refractivity contribution in [2.75, 3.05) is 19.8 Å². The van der Waals surface area contributed by atoms with Crippen molar-refractivity contribution in [3.63, 3.8) is 0 Å². The molecule has 0 N–H and O–H groups in total. The quantitative estimate of drug-likeness (QED) is 0.719. The van der Waals surface area contributed by atoms with Gasteiger partial charge in [0.15, 0.2) is 0 Å². The molecule has 0 aromatic heterocycles. The lowest BCUT2D eigenvalue weighted by atomic mass is 10.1. The normalized spacial score (nSPS) is 10.9. The molecule has 0 saturated carbocycles. The Balaban J connectivity index is 0.000000232. The van der Waals surface area contributed by atoms with Crippen LogP contribution in [0.1, 0.15) is 20.8 Å². The van der Waals surface area contributed by atoms with Gasteiger partial charge in [0.05, 0.1) is 0 Å². The van der Waals surface area contributed by atoms with E-state index in [9.17, 15) is 0 Å². The third-order valence-electron chi connectivity index (χ3n) is 3.10. The molecule has 126 valence electrons. The van der Waals surface area contributed by atoms with Crippen LogP contribution in [0, 0.1) is 0 Å². The van der Waals surface area contributed by atoms with E-state index in [2.05, 4.69) is 48.5 Å². The van der Waals surface area contributed by atoms with Gasteiger partial charge in [0.2, 0.25) is 0 Å². The topological polar surface area (TPSA) is 27.7 Å². The molecule has 0 radical (unpaired) electrons. The zero-order valence-electron chi connectivity index (χ0n) is 14.6. The average molecular weight is 349 g/mol. The van der Waals surface area contributed by atoms with Gasteiger partial charge in [-0.1, -0.05) is 60.7 Å². The predicted molar refractivity (Wildman–Crippen MR) is 102 cm³/mol. The van der Waals surface area contributed by atoms with Gasteiger partial charge in [-0.25, -0.2) is 0 Å². The van der Waals surface area contributed by atoms with E-state index in [1.54, 1.807) is 0 Å². The summed E-state index contributed by atoms with van der Waals surface area (Å²) in [6.07, 6.45) is 0. The van der Waals surface area contributed by atoms with Gasteiger partial charge < -0.3 is 13.3 Å². The zero-order chi connectivity index (χ0) is 17.0. The van der Waals surface area contributed by atoms with Gasteiger partial charge in [-0.2, -0.15) is 0 Å². The van der Waals surface area contributed by atoms with Crippen molar-refractivity contribution in [1.82, 2.24) is 0 Å². The maximum Gasteiger partial charge on any atom is 0.457 e. The van der Waals surface area contributed by atoms with Crippen LogP contribution in [0.3, 0.4) is 0 Å². The fourth-order valence-corrected chi connectivity index (χ4v) is 6.59. The summed E-state index contributed by atoms with van der Waals surface area (Å²) >= 11 is 0. The Kier molecular flexibility index (Phi) is 9.74. The van der Waals surface area contributed by atoms with Crippen LogP contribution in [0.15, 0.2) is 60.7 Å². The number of hydrogen-bond acceptors (Lipinski definition) is 3. The lowest BCUT2D eigenvalue weighted by Crippen LogP contribution is -2.47. The van der Waals surface area contributed by atoms with E-state index in [0.717, 1.165) is 9.76 Å². The SMILES string of the molecule is CCO[Si]([SiH3])(OCC)OCC.c1ccc(-c2ccccc2)cc1. The van der Waals surface area contributed by atoms with E-state index >= 15 is 0 Å². The summed E-state index contributed by atoms with van der Waals surface area (Å²) in [6, 6.07) is 20.8. The number of benzene rings is 2. The number of rotatable bonds is 7. The van der Waals surface area contributed by atoms with Gasteiger partial charge in [-0.05, 0) is 31.9 Å². The van der Waals surface area contributed by atoms with Crippen LogP contribution in [0.25, 0.3) is 11.1 Å². The highest BCUT2D eigenvalue weighted by Crippen LogP contribution is 2.17. The van der Waals surface area contributed by atoms with E-state index in [4.69, 9.17) is 13.3 Å². The maximum atomic E-state index is 5.47. The van der Waals surface area contributed by atoms with Crippen LogP contribution >= 0.6 is 0 Å². The molecular weight excluding hydrogens is 320 g/mol. The molecule has 2 aromatic rings. The molecule has 0 amide bonds. The Morgan fingerprint density at radius 2 is 0.957 bits per heavy atom. The van der Waals surface area contributed by atoms with Gasteiger partial charge in [-0.3, -0.25) is 0 Å². The van der Waals surface area contributed by atoms with Crippen LogP contribution in [-0.2, 0) is 13.3 Å². The smallest absolute Gasteiger partial charge is 0.377 e. The Bertz CT molecular complexity index is 466. The highest BCUT2D eigenvalue weighted by atomic mass is 29.2. The lowest BCUT2D eigenvalue weighted by molar-refractivity contribution is 0.0941. The number of hydrogen-bond donors (Lipinski definition) is 0.